The summed E-state index contributed by atoms with van der Waals surface area (Å²) in [6.07, 6.45) is 6.56. The molecule has 1 saturated heterocycles. The van der Waals surface area contributed by atoms with Gasteiger partial charge in [-0.2, -0.15) is 5.10 Å². The Labute approximate surface area is 163 Å². The van der Waals surface area contributed by atoms with Crippen molar-refractivity contribution in [3.63, 3.8) is 0 Å². The molecule has 3 aromatic rings. The van der Waals surface area contributed by atoms with Crippen molar-refractivity contribution in [1.29, 1.82) is 0 Å². The van der Waals surface area contributed by atoms with Gasteiger partial charge in [0.15, 0.2) is 0 Å². The van der Waals surface area contributed by atoms with Crippen molar-refractivity contribution in [3.05, 3.63) is 72.3 Å². The molecule has 3 heterocycles. The maximum Gasteiger partial charge on any atom is 0.256 e. The number of carbonyl (C=O) groups is 2. The maximum atomic E-state index is 12.9. The van der Waals surface area contributed by atoms with Gasteiger partial charge in [0, 0.05) is 36.5 Å². The van der Waals surface area contributed by atoms with Crippen LogP contribution in [0.3, 0.4) is 0 Å². The van der Waals surface area contributed by atoms with Crippen LogP contribution in [-0.2, 0) is 4.79 Å². The summed E-state index contributed by atoms with van der Waals surface area (Å²) in [6.45, 7) is 2.44. The zero-order valence-corrected chi connectivity index (χ0v) is 15.6. The van der Waals surface area contributed by atoms with E-state index in [0.717, 1.165) is 17.8 Å². The number of pyridine rings is 1. The Balaban J connectivity index is 1.49. The van der Waals surface area contributed by atoms with E-state index in [1.807, 2.05) is 43.5 Å². The average Bonchev–Trinajstić information content (AvgIpc) is 3.40. The molecule has 1 fully saturated rings. The Kier molecular flexibility index (Phi) is 4.89. The maximum absolute atomic E-state index is 12.9. The molecular formula is C21H21N5O2. The highest BCUT2D eigenvalue weighted by atomic mass is 16.2. The smallest absolute Gasteiger partial charge is 0.256 e. The molecule has 2 amide bonds. The predicted molar refractivity (Wildman–Crippen MR) is 105 cm³/mol. The van der Waals surface area contributed by atoms with Crippen molar-refractivity contribution in [3.8, 4) is 5.69 Å². The van der Waals surface area contributed by atoms with E-state index >= 15 is 0 Å². The lowest BCUT2D eigenvalue weighted by Gasteiger charge is -2.24. The van der Waals surface area contributed by atoms with Crippen LogP contribution in [0.15, 0.2) is 61.1 Å². The lowest BCUT2D eigenvalue weighted by atomic mass is 10.1. The van der Waals surface area contributed by atoms with Crippen LogP contribution in [0.1, 0.15) is 28.9 Å². The molecule has 1 N–H and O–H groups in total. The lowest BCUT2D eigenvalue weighted by molar-refractivity contribution is -0.119. The van der Waals surface area contributed by atoms with Crippen molar-refractivity contribution in [2.75, 3.05) is 11.9 Å². The number of aromatic nitrogens is 3. The molecular weight excluding hydrogens is 354 g/mol. The summed E-state index contributed by atoms with van der Waals surface area (Å²) in [7, 11) is 0. The minimum atomic E-state index is -0.484. The number of aryl methyl sites for hydroxylation is 1. The van der Waals surface area contributed by atoms with Gasteiger partial charge in [-0.15, -0.1) is 0 Å². The largest absolute Gasteiger partial charge is 0.327 e. The molecule has 7 nitrogen and oxygen atoms in total. The highest BCUT2D eigenvalue weighted by Crippen LogP contribution is 2.22. The van der Waals surface area contributed by atoms with E-state index in [0.29, 0.717) is 24.2 Å². The molecule has 4 rings (SSSR count). The first kappa shape index (κ1) is 17.9. The summed E-state index contributed by atoms with van der Waals surface area (Å²) in [4.78, 5) is 31.5. The summed E-state index contributed by atoms with van der Waals surface area (Å²) < 4.78 is 1.73. The zero-order valence-electron chi connectivity index (χ0n) is 15.6. The first-order valence-corrected chi connectivity index (χ1v) is 9.26. The van der Waals surface area contributed by atoms with Gasteiger partial charge in [0.05, 0.1) is 11.3 Å². The van der Waals surface area contributed by atoms with Gasteiger partial charge >= 0.3 is 0 Å². The molecule has 1 aliphatic rings. The first-order valence-electron chi connectivity index (χ1n) is 9.26. The van der Waals surface area contributed by atoms with Crippen LogP contribution >= 0.6 is 0 Å². The second kappa shape index (κ2) is 7.64. The Morgan fingerprint density at radius 1 is 1.18 bits per heavy atom. The minimum Gasteiger partial charge on any atom is -0.327 e. The number of nitrogens with zero attached hydrogens (tertiary/aromatic N) is 4. The monoisotopic (exact) mass is 375 g/mol. The standard InChI is InChI=1S/C21H21N5O2/c1-15-8-9-16(14-22-15)21(28)25-11-3-7-19(25)20(27)24-17-5-2-6-18(13-17)26-12-4-10-23-26/h2,4-6,8-10,12-14,19H,3,7,11H2,1H3,(H,24,27)/t19-/m1/s1. The van der Waals surface area contributed by atoms with Gasteiger partial charge in [-0.05, 0) is 56.2 Å². The number of anilines is 1. The van der Waals surface area contributed by atoms with Gasteiger partial charge in [0.25, 0.3) is 5.91 Å². The molecule has 7 heteroatoms. The van der Waals surface area contributed by atoms with Crippen LogP contribution in [0.4, 0.5) is 5.69 Å². The molecule has 1 atom stereocenters. The van der Waals surface area contributed by atoms with Crippen LogP contribution < -0.4 is 5.32 Å². The number of benzene rings is 1. The third-order valence-electron chi connectivity index (χ3n) is 4.86. The fourth-order valence-corrected chi connectivity index (χ4v) is 3.42. The van der Waals surface area contributed by atoms with Gasteiger partial charge in [0.1, 0.15) is 6.04 Å². The summed E-state index contributed by atoms with van der Waals surface area (Å²) in [5.74, 6) is -0.334. The van der Waals surface area contributed by atoms with Gasteiger partial charge in [0.2, 0.25) is 5.91 Å². The number of carbonyl (C=O) groups excluding carboxylic acids is 2. The Hall–Kier alpha value is -3.48. The van der Waals surface area contributed by atoms with Crippen LogP contribution in [0.25, 0.3) is 5.69 Å². The van der Waals surface area contributed by atoms with Crippen molar-refractivity contribution in [2.45, 2.75) is 25.8 Å². The van der Waals surface area contributed by atoms with E-state index in [2.05, 4.69) is 15.4 Å². The van der Waals surface area contributed by atoms with Gasteiger partial charge in [-0.1, -0.05) is 6.07 Å². The zero-order chi connectivity index (χ0) is 19.5. The van der Waals surface area contributed by atoms with Crippen molar-refractivity contribution in [1.82, 2.24) is 19.7 Å². The van der Waals surface area contributed by atoms with Crippen LogP contribution in [-0.4, -0.2) is 44.1 Å². The molecule has 142 valence electrons. The topological polar surface area (TPSA) is 80.1 Å². The van der Waals surface area contributed by atoms with E-state index in [1.54, 1.807) is 34.1 Å². The molecule has 0 aliphatic carbocycles. The van der Waals surface area contributed by atoms with Gasteiger partial charge in [-0.3, -0.25) is 14.6 Å². The lowest BCUT2D eigenvalue weighted by Crippen LogP contribution is -2.43. The highest BCUT2D eigenvalue weighted by molar-refractivity contribution is 6.01. The fraction of sp³-hybridized carbons (Fsp3) is 0.238. The third kappa shape index (κ3) is 3.64. The fourth-order valence-electron chi connectivity index (χ4n) is 3.42. The quantitative estimate of drug-likeness (QED) is 0.760. The number of rotatable bonds is 4. The predicted octanol–water partition coefficient (Wildman–Crippen LogP) is 2.82. The van der Waals surface area contributed by atoms with E-state index in [-0.39, 0.29) is 11.8 Å². The molecule has 2 aromatic heterocycles. The van der Waals surface area contributed by atoms with E-state index in [1.165, 1.54) is 0 Å². The number of hydrogen-bond acceptors (Lipinski definition) is 4. The normalized spacial score (nSPS) is 16.2. The molecule has 0 radical (unpaired) electrons. The minimum absolute atomic E-state index is 0.157. The molecule has 0 spiro atoms. The summed E-state index contributed by atoms with van der Waals surface area (Å²) in [6, 6.07) is 12.4. The Morgan fingerprint density at radius 2 is 2.07 bits per heavy atom. The average molecular weight is 375 g/mol. The number of nitrogens with one attached hydrogen (secondary N) is 1. The molecule has 0 saturated carbocycles. The summed E-state index contributed by atoms with van der Waals surface area (Å²) in [5.41, 5.74) is 2.89. The third-order valence-corrected chi connectivity index (χ3v) is 4.86. The molecule has 0 bridgehead atoms. The summed E-state index contributed by atoms with van der Waals surface area (Å²) in [5, 5.41) is 7.15. The Morgan fingerprint density at radius 3 is 2.82 bits per heavy atom. The van der Waals surface area contributed by atoms with E-state index < -0.39 is 6.04 Å². The highest BCUT2D eigenvalue weighted by Gasteiger charge is 2.34. The van der Waals surface area contributed by atoms with Crippen LogP contribution in [0.2, 0.25) is 0 Å². The van der Waals surface area contributed by atoms with Crippen molar-refractivity contribution in [2.24, 2.45) is 0 Å². The Bertz CT molecular complexity index is 982. The summed E-state index contributed by atoms with van der Waals surface area (Å²) >= 11 is 0. The van der Waals surface area contributed by atoms with Crippen molar-refractivity contribution < 1.29 is 9.59 Å². The number of hydrogen-bond donors (Lipinski definition) is 1. The molecule has 0 unspecified atom stereocenters. The van der Waals surface area contributed by atoms with Gasteiger partial charge in [-0.25, -0.2) is 4.68 Å². The van der Waals surface area contributed by atoms with E-state index in [4.69, 9.17) is 0 Å². The van der Waals surface area contributed by atoms with Crippen LogP contribution in [0.5, 0.6) is 0 Å². The number of likely N-dealkylation sites (tertiary alicyclic amines) is 1. The second-order valence-electron chi connectivity index (χ2n) is 6.84. The number of amides is 2. The SMILES string of the molecule is Cc1ccc(C(=O)N2CCC[C@@H]2C(=O)Nc2cccc(-n3cccn3)c2)cn1. The first-order chi connectivity index (χ1) is 13.6. The van der Waals surface area contributed by atoms with Gasteiger partial charge < -0.3 is 10.2 Å². The molecule has 1 aromatic carbocycles. The molecule has 28 heavy (non-hydrogen) atoms. The van der Waals surface area contributed by atoms with E-state index in [9.17, 15) is 9.59 Å². The molecule has 1 aliphatic heterocycles. The second-order valence-corrected chi connectivity index (χ2v) is 6.84. The van der Waals surface area contributed by atoms with Crippen LogP contribution in [0, 0.1) is 6.92 Å². The van der Waals surface area contributed by atoms with Crippen molar-refractivity contribution >= 4 is 17.5 Å².